The van der Waals surface area contributed by atoms with Crippen LogP contribution in [0.4, 0.5) is 5.69 Å². The second-order valence-corrected chi connectivity index (χ2v) is 9.12. The van der Waals surface area contributed by atoms with Crippen molar-refractivity contribution in [2.24, 2.45) is 0 Å². The molecular weight excluding hydrogens is 348 g/mol. The fourth-order valence-electron chi connectivity index (χ4n) is 3.10. The highest BCUT2D eigenvalue weighted by molar-refractivity contribution is 7.90. The first-order chi connectivity index (χ1) is 11.3. The van der Waals surface area contributed by atoms with Crippen LogP contribution in [-0.2, 0) is 10.0 Å². The standard InChI is InChI=1S/C16H27ClN4O2S/c1-19(2)15-6-4-14(5-7-15)16(12-18-24(22,23)13-17)21-10-8-20(3)9-11-21/h4-7,16,18H,8-13H2,1-3H3/p+2/t16-/m1/s1. The van der Waals surface area contributed by atoms with Gasteiger partial charge in [-0.15, -0.1) is 11.6 Å². The molecule has 8 heteroatoms. The van der Waals surface area contributed by atoms with Gasteiger partial charge in [-0.05, 0) is 12.1 Å². The summed E-state index contributed by atoms with van der Waals surface area (Å²) >= 11 is 5.52. The minimum atomic E-state index is -3.40. The Morgan fingerprint density at radius 1 is 1.17 bits per heavy atom. The van der Waals surface area contributed by atoms with Crippen LogP contribution in [0.2, 0.25) is 0 Å². The van der Waals surface area contributed by atoms with E-state index in [1.165, 1.54) is 9.80 Å². The molecular formula is C16H29ClN4O2S+2. The van der Waals surface area contributed by atoms with Crippen LogP contribution in [0.25, 0.3) is 0 Å². The van der Waals surface area contributed by atoms with Crippen molar-refractivity contribution in [2.45, 2.75) is 6.04 Å². The molecule has 3 N–H and O–H groups in total. The molecule has 6 nitrogen and oxygen atoms in total. The monoisotopic (exact) mass is 376 g/mol. The number of sulfonamides is 1. The summed E-state index contributed by atoms with van der Waals surface area (Å²) in [6.07, 6.45) is 0. The largest absolute Gasteiger partial charge is 0.378 e. The van der Waals surface area contributed by atoms with Gasteiger partial charge in [0.2, 0.25) is 10.0 Å². The smallest absolute Gasteiger partial charge is 0.225 e. The van der Waals surface area contributed by atoms with Crippen molar-refractivity contribution in [3.8, 4) is 0 Å². The Hall–Kier alpha value is -0.860. The maximum absolute atomic E-state index is 11.8. The molecule has 1 atom stereocenters. The van der Waals surface area contributed by atoms with E-state index in [4.69, 9.17) is 11.6 Å². The lowest BCUT2D eigenvalue weighted by Gasteiger charge is -2.33. The van der Waals surface area contributed by atoms with Crippen molar-refractivity contribution < 1.29 is 18.2 Å². The first kappa shape index (κ1) is 19.5. The Labute approximate surface area is 150 Å². The number of hydrogen-bond acceptors (Lipinski definition) is 3. The summed E-state index contributed by atoms with van der Waals surface area (Å²) in [6, 6.07) is 8.48. The molecule has 0 bridgehead atoms. The summed E-state index contributed by atoms with van der Waals surface area (Å²) in [6.45, 7) is 4.65. The molecule has 1 aromatic rings. The predicted molar refractivity (Wildman–Crippen MR) is 98.5 cm³/mol. The zero-order valence-electron chi connectivity index (χ0n) is 14.7. The van der Waals surface area contributed by atoms with Gasteiger partial charge >= 0.3 is 0 Å². The Morgan fingerprint density at radius 3 is 2.25 bits per heavy atom. The third-order valence-corrected chi connectivity index (χ3v) is 6.46. The van der Waals surface area contributed by atoms with E-state index in [1.54, 1.807) is 0 Å². The normalized spacial score (nSPS) is 23.0. The number of likely N-dealkylation sites (N-methyl/N-ethyl adjacent to an activating group) is 1. The molecule has 0 amide bonds. The van der Waals surface area contributed by atoms with Crippen LogP contribution in [0.1, 0.15) is 11.6 Å². The first-order valence-electron chi connectivity index (χ1n) is 8.29. The highest BCUT2D eigenvalue weighted by atomic mass is 35.5. The molecule has 0 aliphatic carbocycles. The molecule has 136 valence electrons. The van der Waals surface area contributed by atoms with Crippen LogP contribution >= 0.6 is 11.6 Å². The lowest BCUT2D eigenvalue weighted by atomic mass is 10.0. The molecule has 2 rings (SSSR count). The quantitative estimate of drug-likeness (QED) is 0.498. The summed E-state index contributed by atoms with van der Waals surface area (Å²) in [5.41, 5.74) is 2.30. The number of benzene rings is 1. The molecule has 24 heavy (non-hydrogen) atoms. The Bertz CT molecular complexity index is 613. The Morgan fingerprint density at radius 2 is 1.75 bits per heavy atom. The number of rotatable bonds is 7. The van der Waals surface area contributed by atoms with Crippen LogP contribution in [0.3, 0.4) is 0 Å². The summed E-state index contributed by atoms with van der Waals surface area (Å²) in [4.78, 5) is 5.01. The maximum Gasteiger partial charge on any atom is 0.225 e. The van der Waals surface area contributed by atoms with Crippen LogP contribution < -0.4 is 19.4 Å². The highest BCUT2D eigenvalue weighted by Gasteiger charge is 2.30. The number of halogens is 1. The van der Waals surface area contributed by atoms with Crippen molar-refractivity contribution in [1.29, 1.82) is 0 Å². The summed E-state index contributed by atoms with van der Waals surface area (Å²) in [5.74, 6) is 0. The molecule has 1 heterocycles. The van der Waals surface area contributed by atoms with Gasteiger partial charge in [0.05, 0.1) is 13.6 Å². The van der Waals surface area contributed by atoms with Crippen molar-refractivity contribution in [3.63, 3.8) is 0 Å². The fraction of sp³-hybridized carbons (Fsp3) is 0.625. The molecule has 1 aromatic carbocycles. The van der Waals surface area contributed by atoms with Crippen LogP contribution in [-0.4, -0.2) is 67.5 Å². The van der Waals surface area contributed by atoms with Crippen molar-refractivity contribution in [1.82, 2.24) is 4.72 Å². The average Bonchev–Trinajstić information content (AvgIpc) is 2.57. The van der Waals surface area contributed by atoms with Crippen LogP contribution in [0, 0.1) is 0 Å². The summed E-state index contributed by atoms with van der Waals surface area (Å²) in [5, 5.41) is -0.401. The summed E-state index contributed by atoms with van der Waals surface area (Å²) < 4.78 is 26.2. The van der Waals surface area contributed by atoms with Gasteiger partial charge in [0.15, 0.2) is 0 Å². The zero-order valence-corrected chi connectivity index (χ0v) is 16.3. The second-order valence-electron chi connectivity index (χ2n) is 6.73. The van der Waals surface area contributed by atoms with E-state index in [9.17, 15) is 8.42 Å². The molecule has 0 radical (unpaired) electrons. The number of nitrogens with one attached hydrogen (secondary N) is 3. The molecule has 0 aromatic heterocycles. The van der Waals surface area contributed by atoms with E-state index < -0.39 is 15.2 Å². The minimum absolute atomic E-state index is 0.104. The van der Waals surface area contributed by atoms with Crippen LogP contribution in [0.5, 0.6) is 0 Å². The van der Waals surface area contributed by atoms with E-state index in [-0.39, 0.29) is 6.04 Å². The Balaban J connectivity index is 2.18. The predicted octanol–water partition coefficient (Wildman–Crippen LogP) is -1.68. The van der Waals surface area contributed by atoms with E-state index in [0.717, 1.165) is 37.4 Å². The van der Waals surface area contributed by atoms with Gasteiger partial charge in [-0.25, -0.2) is 13.1 Å². The lowest BCUT2D eigenvalue weighted by Crippen LogP contribution is -3.27. The third-order valence-electron chi connectivity index (χ3n) is 4.70. The number of alkyl halides is 1. The number of quaternary nitrogens is 2. The molecule has 1 aliphatic heterocycles. The van der Waals surface area contributed by atoms with Crippen LogP contribution in [0.15, 0.2) is 24.3 Å². The zero-order chi connectivity index (χ0) is 17.7. The molecule has 1 fully saturated rings. The maximum atomic E-state index is 11.8. The molecule has 1 saturated heterocycles. The SMILES string of the molecule is CN(C)c1ccc([C@@H](CNS(=O)(=O)CCl)[NH+]2CC[NH+](C)CC2)cc1. The van der Waals surface area contributed by atoms with Gasteiger partial charge in [-0.2, -0.15) is 0 Å². The van der Waals surface area contributed by atoms with E-state index in [0.29, 0.717) is 6.54 Å². The number of nitrogens with zero attached hydrogens (tertiary/aromatic N) is 1. The van der Waals surface area contributed by atoms with E-state index in [2.05, 4.69) is 40.9 Å². The average molecular weight is 377 g/mol. The topological polar surface area (TPSA) is 58.3 Å². The lowest BCUT2D eigenvalue weighted by molar-refractivity contribution is -1.02. The van der Waals surface area contributed by atoms with Gasteiger partial charge < -0.3 is 14.7 Å². The van der Waals surface area contributed by atoms with Crippen molar-refractivity contribution >= 4 is 27.3 Å². The molecule has 1 aliphatic rings. The number of anilines is 1. The minimum Gasteiger partial charge on any atom is -0.378 e. The first-order valence-corrected chi connectivity index (χ1v) is 10.5. The van der Waals surface area contributed by atoms with Crippen molar-refractivity contribution in [2.75, 3.05) is 64.0 Å². The van der Waals surface area contributed by atoms with Gasteiger partial charge in [-0.3, -0.25) is 0 Å². The number of piperazine rings is 1. The molecule has 0 unspecified atom stereocenters. The second kappa shape index (κ2) is 8.49. The van der Waals surface area contributed by atoms with Crippen molar-refractivity contribution in [3.05, 3.63) is 29.8 Å². The fourth-order valence-corrected chi connectivity index (χ4v) is 3.83. The third kappa shape index (κ3) is 5.32. The van der Waals surface area contributed by atoms with Gasteiger partial charge in [-0.1, -0.05) is 12.1 Å². The van der Waals surface area contributed by atoms with Gasteiger partial charge in [0.1, 0.15) is 37.4 Å². The van der Waals surface area contributed by atoms with E-state index >= 15 is 0 Å². The van der Waals surface area contributed by atoms with E-state index in [1.807, 2.05) is 14.1 Å². The Kier molecular flexibility index (Phi) is 6.88. The highest BCUT2D eigenvalue weighted by Crippen LogP contribution is 2.16. The van der Waals surface area contributed by atoms with Gasteiger partial charge in [0.25, 0.3) is 0 Å². The number of hydrogen-bond donors (Lipinski definition) is 3. The molecule has 0 saturated carbocycles. The van der Waals surface area contributed by atoms with Gasteiger partial charge in [0, 0.05) is 25.3 Å². The molecule has 0 spiro atoms. The summed E-state index contributed by atoms with van der Waals surface area (Å²) in [7, 11) is 2.82.